The summed E-state index contributed by atoms with van der Waals surface area (Å²) in [5.74, 6) is -2.32. The van der Waals surface area contributed by atoms with Crippen LogP contribution in [0, 0.1) is 11.7 Å². The van der Waals surface area contributed by atoms with Crippen molar-refractivity contribution in [2.75, 3.05) is 0 Å². The third kappa shape index (κ3) is 3.68. The van der Waals surface area contributed by atoms with Gasteiger partial charge < -0.3 is 5.11 Å². The lowest BCUT2D eigenvalue weighted by Gasteiger charge is -2.32. The van der Waals surface area contributed by atoms with Gasteiger partial charge in [0.15, 0.2) is 0 Å². The van der Waals surface area contributed by atoms with Crippen molar-refractivity contribution >= 4 is 27.6 Å². The van der Waals surface area contributed by atoms with Crippen LogP contribution in [0.2, 0.25) is 5.02 Å². The highest BCUT2D eigenvalue weighted by atomic mass is 35.5. The van der Waals surface area contributed by atoms with Crippen LogP contribution >= 0.6 is 11.6 Å². The first-order chi connectivity index (χ1) is 9.27. The zero-order valence-electron chi connectivity index (χ0n) is 10.3. The molecule has 8 heteroatoms. The highest BCUT2D eigenvalue weighted by Gasteiger charge is 2.36. The van der Waals surface area contributed by atoms with Gasteiger partial charge in [-0.05, 0) is 30.5 Å². The molecule has 0 unspecified atom stereocenters. The molecular formula is C12H13ClFNO4S. The van der Waals surface area contributed by atoms with Crippen molar-refractivity contribution in [1.82, 2.24) is 4.72 Å². The summed E-state index contributed by atoms with van der Waals surface area (Å²) in [6.45, 7) is 0. The van der Waals surface area contributed by atoms with E-state index in [2.05, 4.69) is 4.72 Å². The molecule has 0 amide bonds. The second kappa shape index (κ2) is 5.67. The van der Waals surface area contributed by atoms with Gasteiger partial charge in [0, 0.05) is 6.04 Å². The summed E-state index contributed by atoms with van der Waals surface area (Å²) < 4.78 is 39.2. The second-order valence-corrected chi connectivity index (χ2v) is 6.99. The van der Waals surface area contributed by atoms with Crippen molar-refractivity contribution in [2.45, 2.75) is 24.6 Å². The van der Waals surface area contributed by atoms with E-state index in [4.69, 9.17) is 16.7 Å². The average Bonchev–Trinajstić information content (AvgIpc) is 2.27. The lowest BCUT2D eigenvalue weighted by atomic mass is 9.81. The molecule has 1 fully saturated rings. The summed E-state index contributed by atoms with van der Waals surface area (Å²) in [5, 5.41) is 8.58. The highest BCUT2D eigenvalue weighted by molar-refractivity contribution is 7.88. The highest BCUT2D eigenvalue weighted by Crippen LogP contribution is 2.28. The standard InChI is InChI=1S/C12H13ClFNO4S/c13-10-3-7(1-2-11(10)14)6-20(18,19)15-9-4-8(5-9)12(16)17/h1-3,8-9,15H,4-6H2,(H,16,17). The van der Waals surface area contributed by atoms with Crippen molar-refractivity contribution in [3.05, 3.63) is 34.6 Å². The van der Waals surface area contributed by atoms with E-state index in [1.807, 2.05) is 0 Å². The molecule has 0 aliphatic heterocycles. The predicted octanol–water partition coefficient (Wildman–Crippen LogP) is 1.76. The van der Waals surface area contributed by atoms with Crippen LogP contribution in [0.25, 0.3) is 0 Å². The van der Waals surface area contributed by atoms with E-state index in [1.165, 1.54) is 12.1 Å². The van der Waals surface area contributed by atoms with E-state index in [0.717, 1.165) is 6.07 Å². The Balaban J connectivity index is 1.95. The fraction of sp³-hybridized carbons (Fsp3) is 0.417. The van der Waals surface area contributed by atoms with Gasteiger partial charge in [-0.25, -0.2) is 17.5 Å². The number of rotatable bonds is 5. The number of carboxylic acids is 1. The normalized spacial score (nSPS) is 22.3. The van der Waals surface area contributed by atoms with Crippen LogP contribution < -0.4 is 4.72 Å². The first-order valence-electron chi connectivity index (χ1n) is 5.93. The maximum Gasteiger partial charge on any atom is 0.306 e. The Morgan fingerprint density at radius 1 is 1.45 bits per heavy atom. The fourth-order valence-corrected chi connectivity index (χ4v) is 3.67. The molecular weight excluding hydrogens is 309 g/mol. The molecule has 0 spiro atoms. The maximum absolute atomic E-state index is 13.0. The van der Waals surface area contributed by atoms with E-state index >= 15 is 0 Å². The van der Waals surface area contributed by atoms with Gasteiger partial charge in [-0.3, -0.25) is 4.79 Å². The minimum atomic E-state index is -3.60. The van der Waals surface area contributed by atoms with Gasteiger partial charge in [0.05, 0.1) is 16.7 Å². The molecule has 110 valence electrons. The molecule has 0 atom stereocenters. The molecule has 0 saturated heterocycles. The van der Waals surface area contributed by atoms with Gasteiger partial charge in [0.1, 0.15) is 5.82 Å². The Bertz CT molecular complexity index is 628. The third-order valence-corrected chi connectivity index (χ3v) is 4.87. The third-order valence-electron chi connectivity index (χ3n) is 3.17. The maximum atomic E-state index is 13.0. The van der Waals surface area contributed by atoms with Crippen LogP contribution in [0.1, 0.15) is 18.4 Å². The van der Waals surface area contributed by atoms with Gasteiger partial charge in [-0.15, -0.1) is 0 Å². The molecule has 20 heavy (non-hydrogen) atoms. The SMILES string of the molecule is O=C(O)C1CC(NS(=O)(=O)Cc2ccc(F)c(Cl)c2)C1. The average molecular weight is 322 g/mol. The molecule has 1 aromatic carbocycles. The smallest absolute Gasteiger partial charge is 0.306 e. The van der Waals surface area contributed by atoms with Crippen molar-refractivity contribution in [3.8, 4) is 0 Å². The van der Waals surface area contributed by atoms with Gasteiger partial charge in [0.25, 0.3) is 0 Å². The molecule has 2 N–H and O–H groups in total. The van der Waals surface area contributed by atoms with Crippen molar-refractivity contribution in [2.24, 2.45) is 5.92 Å². The van der Waals surface area contributed by atoms with E-state index in [1.54, 1.807) is 0 Å². The summed E-state index contributed by atoms with van der Waals surface area (Å²) in [7, 11) is -3.60. The Morgan fingerprint density at radius 3 is 2.65 bits per heavy atom. The van der Waals surface area contributed by atoms with E-state index in [-0.39, 0.29) is 16.8 Å². The predicted molar refractivity (Wildman–Crippen MR) is 71.3 cm³/mol. The number of halogens is 2. The molecule has 1 saturated carbocycles. The Hall–Kier alpha value is -1.18. The van der Waals surface area contributed by atoms with Gasteiger partial charge in [-0.2, -0.15) is 0 Å². The number of sulfonamides is 1. The molecule has 0 bridgehead atoms. The van der Waals surface area contributed by atoms with Crippen LogP contribution in [-0.4, -0.2) is 25.5 Å². The first-order valence-corrected chi connectivity index (χ1v) is 7.96. The van der Waals surface area contributed by atoms with Crippen LogP contribution in [0.5, 0.6) is 0 Å². The Labute approximate surface area is 120 Å². The molecule has 5 nitrogen and oxygen atoms in total. The van der Waals surface area contributed by atoms with Crippen molar-refractivity contribution in [1.29, 1.82) is 0 Å². The Morgan fingerprint density at radius 2 is 2.10 bits per heavy atom. The molecule has 0 aromatic heterocycles. The molecule has 1 aromatic rings. The summed E-state index contributed by atoms with van der Waals surface area (Å²) in [5.41, 5.74) is 0.373. The van der Waals surface area contributed by atoms with Crippen LogP contribution in [0.15, 0.2) is 18.2 Å². The number of aliphatic carboxylic acids is 1. The molecule has 1 aliphatic carbocycles. The monoisotopic (exact) mass is 321 g/mol. The van der Waals surface area contributed by atoms with Crippen LogP contribution in [0.3, 0.4) is 0 Å². The number of carboxylic acid groups (broad SMARTS) is 1. The van der Waals surface area contributed by atoms with E-state index in [9.17, 15) is 17.6 Å². The molecule has 0 radical (unpaired) electrons. The molecule has 1 aliphatic rings. The zero-order valence-corrected chi connectivity index (χ0v) is 11.9. The van der Waals surface area contributed by atoms with Gasteiger partial charge >= 0.3 is 5.97 Å². The summed E-state index contributed by atoms with van der Waals surface area (Å²) in [6, 6.07) is 3.37. The van der Waals surface area contributed by atoms with Crippen LogP contribution in [0.4, 0.5) is 4.39 Å². The van der Waals surface area contributed by atoms with Gasteiger partial charge in [0.2, 0.25) is 10.0 Å². The van der Waals surface area contributed by atoms with Crippen molar-refractivity contribution in [3.63, 3.8) is 0 Å². The van der Waals surface area contributed by atoms with Gasteiger partial charge in [-0.1, -0.05) is 17.7 Å². The summed E-state index contributed by atoms with van der Waals surface area (Å²) in [4.78, 5) is 10.6. The fourth-order valence-electron chi connectivity index (χ4n) is 2.06. The largest absolute Gasteiger partial charge is 0.481 e. The van der Waals surface area contributed by atoms with Crippen molar-refractivity contribution < 1.29 is 22.7 Å². The minimum absolute atomic E-state index is 0.132. The Kier molecular flexibility index (Phi) is 4.31. The van der Waals surface area contributed by atoms with Crippen LogP contribution in [-0.2, 0) is 20.6 Å². The van der Waals surface area contributed by atoms with E-state index in [0.29, 0.717) is 18.4 Å². The quantitative estimate of drug-likeness (QED) is 0.865. The first kappa shape index (κ1) is 15.2. The number of carbonyl (C=O) groups is 1. The molecule has 0 heterocycles. The number of hydrogen-bond acceptors (Lipinski definition) is 3. The lowest BCUT2D eigenvalue weighted by molar-refractivity contribution is -0.145. The number of hydrogen-bond donors (Lipinski definition) is 2. The molecule has 2 rings (SSSR count). The number of benzene rings is 1. The summed E-state index contributed by atoms with van der Waals surface area (Å²) in [6.07, 6.45) is 0.581. The minimum Gasteiger partial charge on any atom is -0.481 e. The second-order valence-electron chi connectivity index (χ2n) is 4.83. The lowest BCUT2D eigenvalue weighted by Crippen LogP contribution is -2.46. The summed E-state index contributed by atoms with van der Waals surface area (Å²) >= 11 is 5.59. The topological polar surface area (TPSA) is 83.5 Å². The number of nitrogens with one attached hydrogen (secondary N) is 1. The zero-order chi connectivity index (χ0) is 14.9. The van der Waals surface area contributed by atoms with E-state index < -0.39 is 27.7 Å².